The molecule has 0 spiro atoms. The van der Waals surface area contributed by atoms with Crippen molar-refractivity contribution in [1.29, 1.82) is 0 Å². The molecule has 7 nitrogen and oxygen atoms in total. The Hall–Kier alpha value is -2.36. The molecule has 1 aromatic carbocycles. The summed E-state index contributed by atoms with van der Waals surface area (Å²) in [6.07, 6.45) is 0. The lowest BCUT2D eigenvalue weighted by atomic mass is 10.2. The second kappa shape index (κ2) is 8.76. The molecule has 4 rings (SSSR count). The van der Waals surface area contributed by atoms with Gasteiger partial charge in [0, 0.05) is 24.5 Å². The molecule has 146 valence electrons. The van der Waals surface area contributed by atoms with Gasteiger partial charge in [0.05, 0.1) is 23.3 Å². The van der Waals surface area contributed by atoms with E-state index >= 15 is 0 Å². The van der Waals surface area contributed by atoms with Gasteiger partial charge in [0.15, 0.2) is 5.82 Å². The summed E-state index contributed by atoms with van der Waals surface area (Å²) in [5.74, 6) is 0.649. The van der Waals surface area contributed by atoms with E-state index in [0.717, 1.165) is 48.4 Å². The first kappa shape index (κ1) is 19.0. The van der Waals surface area contributed by atoms with Crippen LogP contribution in [0.25, 0.3) is 10.7 Å². The highest BCUT2D eigenvalue weighted by molar-refractivity contribution is 8.00. The van der Waals surface area contributed by atoms with Crippen LogP contribution in [-0.2, 0) is 9.53 Å². The largest absolute Gasteiger partial charge is 0.378 e. The van der Waals surface area contributed by atoms with Crippen LogP contribution in [0.4, 0.5) is 11.4 Å². The van der Waals surface area contributed by atoms with E-state index in [1.54, 1.807) is 11.3 Å². The van der Waals surface area contributed by atoms with Gasteiger partial charge in [-0.2, -0.15) is 0 Å². The molecule has 0 bridgehead atoms. The molecule has 0 saturated carbocycles. The van der Waals surface area contributed by atoms with Crippen LogP contribution in [0.3, 0.4) is 0 Å². The van der Waals surface area contributed by atoms with Crippen LogP contribution < -0.4 is 10.2 Å². The number of hydrogen-bond donors (Lipinski definition) is 2. The third-order valence-corrected chi connectivity index (χ3v) is 6.22. The number of ether oxygens (including phenoxy) is 1. The number of benzene rings is 1. The predicted molar refractivity (Wildman–Crippen MR) is 113 cm³/mol. The van der Waals surface area contributed by atoms with Gasteiger partial charge in [-0.15, -0.1) is 16.4 Å². The molecule has 1 atom stereocenters. The number of aromatic nitrogens is 3. The van der Waals surface area contributed by atoms with Crippen molar-refractivity contribution in [3.8, 4) is 10.7 Å². The first-order chi connectivity index (χ1) is 13.7. The lowest BCUT2D eigenvalue weighted by molar-refractivity contribution is -0.115. The van der Waals surface area contributed by atoms with Gasteiger partial charge >= 0.3 is 0 Å². The highest BCUT2D eigenvalue weighted by Gasteiger charge is 2.18. The van der Waals surface area contributed by atoms with E-state index in [2.05, 4.69) is 25.4 Å². The fraction of sp³-hybridized carbons (Fsp3) is 0.316. The molecular weight excluding hydrogens is 394 g/mol. The second-order valence-electron chi connectivity index (χ2n) is 6.34. The number of anilines is 2. The van der Waals surface area contributed by atoms with Gasteiger partial charge in [0.25, 0.3) is 0 Å². The number of carbonyl (C=O) groups excluding carboxylic acids is 1. The van der Waals surface area contributed by atoms with E-state index < -0.39 is 0 Å². The van der Waals surface area contributed by atoms with Gasteiger partial charge in [-0.05, 0) is 42.6 Å². The fourth-order valence-electron chi connectivity index (χ4n) is 2.86. The Morgan fingerprint density at radius 2 is 2.07 bits per heavy atom. The van der Waals surface area contributed by atoms with Crippen molar-refractivity contribution in [3.63, 3.8) is 0 Å². The molecule has 3 heterocycles. The number of nitrogens with one attached hydrogen (secondary N) is 2. The van der Waals surface area contributed by atoms with Crippen molar-refractivity contribution < 1.29 is 9.53 Å². The zero-order valence-electron chi connectivity index (χ0n) is 15.4. The summed E-state index contributed by atoms with van der Waals surface area (Å²) in [5.41, 5.74) is 1.93. The molecule has 1 aliphatic heterocycles. The number of H-pyrrole nitrogens is 1. The Kier molecular flexibility index (Phi) is 5.94. The van der Waals surface area contributed by atoms with Crippen molar-refractivity contribution >= 4 is 40.4 Å². The van der Waals surface area contributed by atoms with Crippen LogP contribution in [0.15, 0.2) is 46.9 Å². The summed E-state index contributed by atoms with van der Waals surface area (Å²) in [5, 5.41) is 12.3. The first-order valence-electron chi connectivity index (χ1n) is 9.05. The molecule has 1 amide bonds. The third-order valence-electron chi connectivity index (χ3n) is 4.38. The quantitative estimate of drug-likeness (QED) is 0.600. The average molecular weight is 416 g/mol. The Morgan fingerprint density at radius 3 is 2.79 bits per heavy atom. The molecule has 0 unspecified atom stereocenters. The molecule has 2 N–H and O–H groups in total. The second-order valence-corrected chi connectivity index (χ2v) is 8.60. The summed E-state index contributed by atoms with van der Waals surface area (Å²) in [4.78, 5) is 20.3. The van der Waals surface area contributed by atoms with Crippen LogP contribution in [0.2, 0.25) is 0 Å². The lowest BCUT2D eigenvalue weighted by Gasteiger charge is -2.28. The maximum atomic E-state index is 12.5. The highest BCUT2D eigenvalue weighted by Crippen LogP contribution is 2.26. The minimum atomic E-state index is -0.314. The van der Waals surface area contributed by atoms with E-state index in [0.29, 0.717) is 5.16 Å². The van der Waals surface area contributed by atoms with Gasteiger partial charge in [0.1, 0.15) is 0 Å². The number of aromatic amines is 1. The van der Waals surface area contributed by atoms with Gasteiger partial charge < -0.3 is 15.0 Å². The van der Waals surface area contributed by atoms with Crippen molar-refractivity contribution in [2.24, 2.45) is 0 Å². The molecule has 0 radical (unpaired) electrons. The molecule has 0 aliphatic carbocycles. The fourth-order valence-corrected chi connectivity index (χ4v) is 4.24. The van der Waals surface area contributed by atoms with Crippen LogP contribution in [0, 0.1) is 0 Å². The summed E-state index contributed by atoms with van der Waals surface area (Å²) in [7, 11) is 0. The van der Waals surface area contributed by atoms with Crippen molar-refractivity contribution in [3.05, 3.63) is 41.8 Å². The summed E-state index contributed by atoms with van der Waals surface area (Å²) in [6, 6.07) is 11.9. The Morgan fingerprint density at radius 1 is 1.29 bits per heavy atom. The Balaban J connectivity index is 1.33. The van der Waals surface area contributed by atoms with Crippen molar-refractivity contribution in [2.45, 2.75) is 17.3 Å². The molecule has 1 aliphatic rings. The van der Waals surface area contributed by atoms with E-state index in [9.17, 15) is 4.79 Å². The van der Waals surface area contributed by atoms with Gasteiger partial charge in [-0.25, -0.2) is 4.98 Å². The topological polar surface area (TPSA) is 83.1 Å². The number of hydrogen-bond acceptors (Lipinski definition) is 7. The van der Waals surface area contributed by atoms with E-state index in [1.807, 2.05) is 48.7 Å². The van der Waals surface area contributed by atoms with E-state index in [1.165, 1.54) is 11.8 Å². The van der Waals surface area contributed by atoms with Gasteiger partial charge in [-0.1, -0.05) is 17.8 Å². The van der Waals surface area contributed by atoms with Gasteiger partial charge in [0.2, 0.25) is 11.1 Å². The van der Waals surface area contributed by atoms with Crippen LogP contribution in [0.5, 0.6) is 0 Å². The Bertz CT molecular complexity index is 905. The number of rotatable bonds is 6. The number of thiophene rings is 1. The minimum absolute atomic E-state index is 0.0772. The van der Waals surface area contributed by atoms with Crippen LogP contribution in [0.1, 0.15) is 6.92 Å². The van der Waals surface area contributed by atoms with Gasteiger partial charge in [-0.3, -0.25) is 9.89 Å². The number of morpholine rings is 1. The SMILES string of the molecule is C[C@H](Sc1n[nH]c(-c2cccs2)n1)C(=O)Nc1ccc(N2CCOCC2)cc1. The molecule has 1 saturated heterocycles. The first-order valence-corrected chi connectivity index (χ1v) is 10.8. The zero-order chi connectivity index (χ0) is 19.3. The van der Waals surface area contributed by atoms with Crippen LogP contribution in [-0.4, -0.2) is 52.6 Å². The predicted octanol–water partition coefficient (Wildman–Crippen LogP) is 3.49. The normalized spacial score (nSPS) is 15.4. The van der Waals surface area contributed by atoms with E-state index in [-0.39, 0.29) is 11.2 Å². The standard InChI is InChI=1S/C19H21N5O2S2/c1-13(28-19-21-17(22-23-19)16-3-2-12-27-16)18(25)20-14-4-6-15(7-5-14)24-8-10-26-11-9-24/h2-7,12-13H,8-11H2,1H3,(H,20,25)(H,21,22,23)/t13-/m0/s1. The number of thioether (sulfide) groups is 1. The minimum Gasteiger partial charge on any atom is -0.378 e. The van der Waals surface area contributed by atoms with E-state index in [4.69, 9.17) is 4.74 Å². The molecule has 3 aromatic rings. The zero-order valence-corrected chi connectivity index (χ0v) is 17.1. The number of carbonyl (C=O) groups is 1. The van der Waals surface area contributed by atoms with Crippen LogP contribution >= 0.6 is 23.1 Å². The summed E-state index contributed by atoms with van der Waals surface area (Å²) in [6.45, 7) is 5.14. The van der Waals surface area contributed by atoms with Crippen molar-refractivity contribution in [2.75, 3.05) is 36.5 Å². The highest BCUT2D eigenvalue weighted by atomic mass is 32.2. The molecular formula is C19H21N5O2S2. The summed E-state index contributed by atoms with van der Waals surface area (Å²) >= 11 is 2.93. The number of nitrogens with zero attached hydrogens (tertiary/aromatic N) is 3. The average Bonchev–Trinajstić information content (AvgIpc) is 3.41. The van der Waals surface area contributed by atoms with Crippen molar-refractivity contribution in [1.82, 2.24) is 15.2 Å². The monoisotopic (exact) mass is 415 g/mol. The molecule has 2 aromatic heterocycles. The third kappa shape index (κ3) is 4.54. The molecule has 9 heteroatoms. The molecule has 28 heavy (non-hydrogen) atoms. The lowest BCUT2D eigenvalue weighted by Crippen LogP contribution is -2.36. The smallest absolute Gasteiger partial charge is 0.237 e. The summed E-state index contributed by atoms with van der Waals surface area (Å²) < 4.78 is 5.38. The number of amides is 1. The Labute approximate surface area is 171 Å². The maximum Gasteiger partial charge on any atom is 0.237 e. The molecule has 1 fully saturated rings. The maximum absolute atomic E-state index is 12.5.